The zero-order valence-electron chi connectivity index (χ0n) is 70.0. The predicted octanol–water partition coefficient (Wildman–Crippen LogP) is 6.45. The number of quaternary nitrogens is 9. The number of unbranched alkanes of at least 4 members (excludes halogenated alkanes) is 2. The molecule has 12 bridgehead atoms. The summed E-state index contributed by atoms with van der Waals surface area (Å²) in [4.78, 5) is 38.4. The second-order valence-corrected chi connectivity index (χ2v) is 39.0. The molecule has 108 heavy (non-hydrogen) atoms. The Balaban J connectivity index is 0.000000159. The summed E-state index contributed by atoms with van der Waals surface area (Å²) < 4.78 is 11.1. The molecule has 19 aliphatic rings. The molecule has 0 aromatic heterocycles. The van der Waals surface area contributed by atoms with Crippen molar-refractivity contribution in [1.82, 2.24) is 4.90 Å². The van der Waals surface area contributed by atoms with Gasteiger partial charge in [-0.05, 0) is 49.0 Å². The van der Waals surface area contributed by atoms with Crippen molar-refractivity contribution in [2.24, 2.45) is 35.5 Å². The molecule has 22 rings (SSSR count). The Kier molecular flexibility index (Phi) is 34.1. The van der Waals surface area contributed by atoms with E-state index in [2.05, 4.69) is 135 Å². The van der Waals surface area contributed by atoms with Gasteiger partial charge in [0.1, 0.15) is 121 Å². The van der Waals surface area contributed by atoms with Gasteiger partial charge in [-0.3, -0.25) is 23.8 Å². The summed E-state index contributed by atoms with van der Waals surface area (Å²) in [5.41, 5.74) is 3.87. The first-order valence-corrected chi connectivity index (χ1v) is 43.5. The lowest BCUT2D eigenvalue weighted by Crippen LogP contribution is -3.00. The third-order valence-corrected chi connectivity index (χ3v) is 30.3. The number of carbonyl (C=O) groups excluding carboxylic acids is 3. The first-order valence-electron chi connectivity index (χ1n) is 43.5. The standard InChI is InChI=1S/C17H24NO.C15H18N3.C14H22N2.C14H26NO.C13H24NO.C11H24N2.C7H15N2.2BrH/c1-18-9-7-15(8-10-18)16(13-18)12-17(19)11-14-5-3-2-4-6-14;1-18(12-13-6-3-2-4-7-13)14(10-16)8-5-9-15(18)11-17;1-15-7-10-16(11-8-15,12-9-15)13-14-5-3-2-4-6-14;1-3-4-5-14(16)10-13-11-15(2)8-6-12(13)7-9-15;1-3-4-13(15)9-12-10-14(2)7-5-11(12)6-8-14;1-3-4-5-13-9-6-12(2,7-10-13)8-11-13;1-9-5-2-8(3-6-9)4-7-9;;/h2-6,15-16H,7-13H2,1H3;2-4,6-7,14-15H,5,8-9,12H2,1H3;2-6H,7-13H2,1H3;12-13H,3-11H2,1-2H3;11-12H,3-10H2,1-2H3;3-11H2,1-2H3;2-7H2,1H3;2*1H/q2*+1;+2;2*+1;+2;+1;;/p-2. The SMILES string of the molecule is CCCC(=O)CC1C[N+]2(C)CCC1CC2.CCCCC(=O)CC1C[N+]2(C)CCC1CC2.CCCC[N+]12CC[N+](C)(CC1)CC2.C[N+]1(Cc2ccccc2)C(C#N)CCCC1C#N.C[N+]12CCC(CC1)C(CC(=O)Cc1ccccc1)C2.C[N+]12CCN(CC1)CC2.C[N+]12CC[N+](Cc3ccccc3)(CC1)CC2.[Br-].[Br-]. The quantitative estimate of drug-likeness (QED) is 0.121. The number of piperazine rings is 9. The number of carbonyl (C=O) groups is 3. The Morgan fingerprint density at radius 3 is 1.06 bits per heavy atom. The number of Topliss-reactive ketones (excluding diaryl/α,β-unsaturated/α-hetero) is 3. The van der Waals surface area contributed by atoms with Crippen molar-refractivity contribution in [3.05, 3.63) is 108 Å². The summed E-state index contributed by atoms with van der Waals surface area (Å²) in [5.74, 6) is 6.06. The summed E-state index contributed by atoms with van der Waals surface area (Å²) in [5, 5.41) is 18.7. The molecule has 0 saturated carbocycles. The Labute approximate surface area is 679 Å². The Morgan fingerprint density at radius 2 is 0.722 bits per heavy atom. The highest BCUT2D eigenvalue weighted by Crippen LogP contribution is 2.42. The van der Waals surface area contributed by atoms with Crippen LogP contribution in [0.2, 0.25) is 0 Å². The third kappa shape index (κ3) is 25.4. The number of likely N-dealkylation sites (tertiary alicyclic amines) is 1. The van der Waals surface area contributed by atoms with Crippen molar-refractivity contribution in [2.75, 3.05) is 233 Å². The molecular formula is C91H153Br2N12O3+7. The highest BCUT2D eigenvalue weighted by molar-refractivity contribution is 5.81. The van der Waals surface area contributed by atoms with Crippen molar-refractivity contribution in [2.45, 2.75) is 174 Å². The van der Waals surface area contributed by atoms with E-state index in [9.17, 15) is 24.9 Å². The van der Waals surface area contributed by atoms with Crippen LogP contribution in [0.25, 0.3) is 0 Å². The lowest BCUT2D eigenvalue weighted by atomic mass is 9.75. The van der Waals surface area contributed by atoms with E-state index in [1.165, 1.54) is 288 Å². The van der Waals surface area contributed by atoms with E-state index < -0.39 is 0 Å². The molecular weight excluding hydrogens is 1470 g/mol. The third-order valence-electron chi connectivity index (χ3n) is 30.3. The molecule has 3 aromatic rings. The fourth-order valence-corrected chi connectivity index (χ4v) is 21.9. The maximum atomic E-state index is 12.3. The molecule has 5 atom stereocenters. The summed E-state index contributed by atoms with van der Waals surface area (Å²) >= 11 is 0. The largest absolute Gasteiger partial charge is 1.00 e. The van der Waals surface area contributed by atoms with E-state index in [4.69, 9.17) is 0 Å². The summed E-state index contributed by atoms with van der Waals surface area (Å²) in [6.45, 7) is 47.0. The van der Waals surface area contributed by atoms with Crippen LogP contribution in [-0.2, 0) is 33.9 Å². The lowest BCUT2D eigenvalue weighted by Gasteiger charge is -2.54. The van der Waals surface area contributed by atoms with Crippen LogP contribution < -0.4 is 34.0 Å². The van der Waals surface area contributed by atoms with Gasteiger partial charge in [0.25, 0.3) is 0 Å². The van der Waals surface area contributed by atoms with E-state index in [0.29, 0.717) is 46.0 Å². The number of halogens is 2. The highest BCUT2D eigenvalue weighted by atomic mass is 79.9. The van der Waals surface area contributed by atoms with Crippen LogP contribution in [0.1, 0.15) is 159 Å². The lowest BCUT2D eigenvalue weighted by molar-refractivity contribution is -1.08. The predicted molar refractivity (Wildman–Crippen MR) is 432 cm³/mol. The Morgan fingerprint density at radius 1 is 0.380 bits per heavy atom. The molecule has 19 heterocycles. The minimum absolute atomic E-state index is 0. The number of fused-ring (bicyclic) bond motifs is 18. The van der Waals surface area contributed by atoms with Gasteiger partial charge in [-0.2, -0.15) is 10.5 Å². The van der Waals surface area contributed by atoms with Crippen molar-refractivity contribution in [1.29, 1.82) is 10.5 Å². The second kappa shape index (κ2) is 41.0. The zero-order chi connectivity index (χ0) is 75.5. The molecule has 3 aromatic carbocycles. The van der Waals surface area contributed by atoms with Crippen LogP contribution in [0.4, 0.5) is 0 Å². The number of hydrogen-bond acceptors (Lipinski definition) is 6. The number of nitrogens with zero attached hydrogens (tertiary/aromatic N) is 12. The molecule has 19 fully saturated rings. The molecule has 19 saturated heterocycles. The van der Waals surface area contributed by atoms with E-state index in [1.807, 2.05) is 43.4 Å². The van der Waals surface area contributed by atoms with Crippen LogP contribution in [0, 0.1) is 58.2 Å². The molecule has 0 amide bonds. The average molecular weight is 1620 g/mol. The molecule has 602 valence electrons. The normalized spacial score (nSPS) is 37.1. The number of nitriles is 2. The van der Waals surface area contributed by atoms with E-state index in [0.717, 1.165) is 100 Å². The number of rotatable bonds is 20. The van der Waals surface area contributed by atoms with Crippen molar-refractivity contribution >= 4 is 17.3 Å². The Bertz CT molecular complexity index is 3200. The minimum atomic E-state index is -0.0661. The van der Waals surface area contributed by atoms with Crippen molar-refractivity contribution in [3.8, 4) is 12.1 Å². The zero-order valence-corrected chi connectivity index (χ0v) is 73.2. The average Bonchev–Trinajstić information content (AvgIpc) is 0.724. The maximum absolute atomic E-state index is 12.3. The smallest absolute Gasteiger partial charge is 0.177 e. The minimum Gasteiger partial charge on any atom is -1.00 e. The molecule has 15 nitrogen and oxygen atoms in total. The van der Waals surface area contributed by atoms with Crippen LogP contribution in [0.5, 0.6) is 0 Å². The summed E-state index contributed by atoms with van der Waals surface area (Å²) in [7, 11) is 16.4. The van der Waals surface area contributed by atoms with Crippen molar-refractivity contribution < 1.29 is 88.7 Å². The van der Waals surface area contributed by atoms with Gasteiger partial charge >= 0.3 is 0 Å². The number of likely N-dealkylation sites (N-methyl/N-ethyl adjacent to an activating group) is 3. The molecule has 17 heteroatoms. The number of hydrogen-bond donors (Lipinski definition) is 0. The van der Waals surface area contributed by atoms with Crippen LogP contribution in [0.3, 0.4) is 0 Å². The van der Waals surface area contributed by atoms with Gasteiger partial charge in [-0.15, -0.1) is 0 Å². The second-order valence-electron chi connectivity index (χ2n) is 39.0. The van der Waals surface area contributed by atoms with Gasteiger partial charge in [0.05, 0.1) is 134 Å². The van der Waals surface area contributed by atoms with Gasteiger partial charge in [-0.1, -0.05) is 125 Å². The highest BCUT2D eigenvalue weighted by Gasteiger charge is 2.50. The molecule has 0 radical (unpaired) electrons. The number of piperidine rings is 10. The fraction of sp³-hybridized carbons (Fsp3) is 0.747. The summed E-state index contributed by atoms with van der Waals surface area (Å²) in [6.07, 6.45) is 21.7. The number of ketones is 3. The molecule has 0 N–H and O–H groups in total. The molecule has 0 spiro atoms. The van der Waals surface area contributed by atoms with Crippen LogP contribution in [0.15, 0.2) is 91.0 Å². The monoisotopic (exact) mass is 1620 g/mol. The summed E-state index contributed by atoms with van der Waals surface area (Å²) in [6, 6.07) is 36.0. The van der Waals surface area contributed by atoms with E-state index in [-0.39, 0.29) is 46.0 Å². The first-order chi connectivity index (χ1) is 50.8. The van der Waals surface area contributed by atoms with Gasteiger partial charge in [0.2, 0.25) is 0 Å². The van der Waals surface area contributed by atoms with Crippen LogP contribution >= 0.6 is 0 Å². The Hall–Kier alpha value is -3.79. The van der Waals surface area contributed by atoms with E-state index >= 15 is 0 Å². The first kappa shape index (κ1) is 89.8. The maximum Gasteiger partial charge on any atom is 0.177 e. The van der Waals surface area contributed by atoms with Gasteiger partial charge < -0.3 is 69.8 Å². The number of benzene rings is 3. The van der Waals surface area contributed by atoms with E-state index in [1.54, 1.807) is 0 Å². The molecule has 0 aliphatic carbocycles. The molecule has 19 aliphatic heterocycles. The van der Waals surface area contributed by atoms with Crippen LogP contribution in [-0.4, -0.2) is 307 Å². The van der Waals surface area contributed by atoms with Gasteiger partial charge in [0.15, 0.2) is 12.1 Å². The topological polar surface area (TPSA) is 102 Å². The molecule has 5 unspecified atom stereocenters. The fourth-order valence-electron chi connectivity index (χ4n) is 21.9. The van der Waals surface area contributed by atoms with Crippen molar-refractivity contribution in [3.63, 3.8) is 0 Å². The van der Waals surface area contributed by atoms with Gasteiger partial charge in [0, 0.05) is 138 Å². The van der Waals surface area contributed by atoms with Gasteiger partial charge in [-0.25, -0.2) is 0 Å².